The molecule has 4 rings (SSSR count). The van der Waals surface area contributed by atoms with Crippen LogP contribution >= 0.6 is 15.9 Å². The van der Waals surface area contributed by atoms with E-state index in [-0.39, 0.29) is 0 Å². The third kappa shape index (κ3) is 2.11. The average molecular weight is 332 g/mol. The summed E-state index contributed by atoms with van der Waals surface area (Å²) in [4.78, 5) is 7.14. The summed E-state index contributed by atoms with van der Waals surface area (Å²) in [5.74, 6) is 1.14. The van der Waals surface area contributed by atoms with Crippen LogP contribution < -0.4 is 10.2 Å². The van der Waals surface area contributed by atoms with E-state index in [2.05, 4.69) is 55.4 Å². The van der Waals surface area contributed by atoms with Gasteiger partial charge in [0.05, 0.1) is 0 Å². The van der Waals surface area contributed by atoms with Gasteiger partial charge in [-0.3, -0.25) is 0 Å². The lowest BCUT2D eigenvalue weighted by atomic mass is 10.1. The molecule has 2 saturated heterocycles. The van der Waals surface area contributed by atoms with Gasteiger partial charge >= 0.3 is 0 Å². The molecule has 0 amide bonds. The molecule has 0 spiro atoms. The van der Waals surface area contributed by atoms with E-state index in [0.29, 0.717) is 12.1 Å². The van der Waals surface area contributed by atoms with Crippen LogP contribution in [-0.2, 0) is 0 Å². The number of pyridine rings is 1. The molecule has 1 aromatic heterocycles. The first kappa shape index (κ1) is 12.6. The molecule has 2 bridgehead atoms. The van der Waals surface area contributed by atoms with Crippen molar-refractivity contribution in [2.45, 2.75) is 31.3 Å². The first-order valence-corrected chi connectivity index (χ1v) is 8.15. The number of benzene rings is 1. The molecule has 2 unspecified atom stereocenters. The molecule has 2 fully saturated rings. The predicted octanol–water partition coefficient (Wildman–Crippen LogP) is 3.33. The standard InChI is InChI=1S/C16H18BrN3/c17-15-3-1-2-14-13(15)6-8-18-16(14)20-9-7-11-4-5-12(10-20)19-11/h1-3,6,8,11-12,19H,4-5,7,9-10H2. The second-order valence-electron chi connectivity index (χ2n) is 5.84. The Morgan fingerprint density at radius 3 is 2.95 bits per heavy atom. The number of nitrogens with one attached hydrogen (secondary N) is 1. The number of anilines is 1. The normalized spacial score (nSPS) is 25.9. The first-order valence-electron chi connectivity index (χ1n) is 7.35. The lowest BCUT2D eigenvalue weighted by molar-refractivity contribution is 0.563. The molecule has 2 aromatic rings. The Labute approximate surface area is 127 Å². The third-order valence-corrected chi connectivity index (χ3v) is 5.25. The van der Waals surface area contributed by atoms with Gasteiger partial charge in [-0.05, 0) is 31.4 Å². The summed E-state index contributed by atoms with van der Waals surface area (Å²) >= 11 is 3.64. The average Bonchev–Trinajstić information content (AvgIpc) is 2.79. The van der Waals surface area contributed by atoms with Gasteiger partial charge in [0.1, 0.15) is 5.82 Å². The lowest BCUT2D eigenvalue weighted by Crippen LogP contribution is -2.35. The fourth-order valence-electron chi connectivity index (χ4n) is 3.54. The minimum absolute atomic E-state index is 0.631. The van der Waals surface area contributed by atoms with Crippen LogP contribution in [0.2, 0.25) is 0 Å². The van der Waals surface area contributed by atoms with Crippen molar-refractivity contribution in [1.82, 2.24) is 10.3 Å². The summed E-state index contributed by atoms with van der Waals surface area (Å²) in [6, 6.07) is 9.81. The van der Waals surface area contributed by atoms with Crippen molar-refractivity contribution < 1.29 is 0 Å². The fourth-order valence-corrected chi connectivity index (χ4v) is 4.04. The third-order valence-electron chi connectivity index (χ3n) is 4.55. The van der Waals surface area contributed by atoms with Crippen molar-refractivity contribution in [3.63, 3.8) is 0 Å². The Kier molecular flexibility index (Phi) is 3.15. The summed E-state index contributed by atoms with van der Waals surface area (Å²) < 4.78 is 1.15. The van der Waals surface area contributed by atoms with Crippen LogP contribution in [-0.4, -0.2) is 30.2 Å². The summed E-state index contributed by atoms with van der Waals surface area (Å²) in [5.41, 5.74) is 0. The van der Waals surface area contributed by atoms with Crippen molar-refractivity contribution in [3.05, 3.63) is 34.9 Å². The smallest absolute Gasteiger partial charge is 0.136 e. The maximum absolute atomic E-state index is 4.67. The Bertz CT molecular complexity index is 643. The number of hydrogen-bond acceptors (Lipinski definition) is 3. The van der Waals surface area contributed by atoms with Crippen LogP contribution in [0.15, 0.2) is 34.9 Å². The van der Waals surface area contributed by atoms with Crippen molar-refractivity contribution in [2.75, 3.05) is 18.0 Å². The Morgan fingerprint density at radius 1 is 1.10 bits per heavy atom. The minimum Gasteiger partial charge on any atom is -0.354 e. The zero-order chi connectivity index (χ0) is 13.5. The molecule has 2 aliphatic rings. The highest BCUT2D eigenvalue weighted by atomic mass is 79.9. The molecule has 20 heavy (non-hydrogen) atoms. The SMILES string of the molecule is Brc1cccc2c(N3CCC4CCC(C3)N4)nccc12. The van der Waals surface area contributed by atoms with E-state index >= 15 is 0 Å². The van der Waals surface area contributed by atoms with Crippen LogP contribution in [0.25, 0.3) is 10.8 Å². The molecule has 0 aliphatic carbocycles. The molecule has 2 atom stereocenters. The fraction of sp³-hybridized carbons (Fsp3) is 0.438. The van der Waals surface area contributed by atoms with E-state index in [4.69, 9.17) is 0 Å². The van der Waals surface area contributed by atoms with Crippen LogP contribution in [0.4, 0.5) is 5.82 Å². The molecule has 3 nitrogen and oxygen atoms in total. The first-order chi connectivity index (χ1) is 9.81. The molecule has 0 radical (unpaired) electrons. The van der Waals surface area contributed by atoms with Gasteiger partial charge in [0.15, 0.2) is 0 Å². The highest BCUT2D eigenvalue weighted by molar-refractivity contribution is 9.10. The maximum atomic E-state index is 4.67. The van der Waals surface area contributed by atoms with Gasteiger partial charge in [-0.15, -0.1) is 0 Å². The molecule has 2 aliphatic heterocycles. The number of halogens is 1. The molecule has 1 aromatic carbocycles. The van der Waals surface area contributed by atoms with Crippen LogP contribution in [0.1, 0.15) is 19.3 Å². The molecular formula is C16H18BrN3. The van der Waals surface area contributed by atoms with Crippen molar-refractivity contribution >= 4 is 32.5 Å². The van der Waals surface area contributed by atoms with Gasteiger partial charge in [0.25, 0.3) is 0 Å². The quantitative estimate of drug-likeness (QED) is 0.868. The summed E-state index contributed by atoms with van der Waals surface area (Å²) in [6.45, 7) is 2.18. The molecule has 1 N–H and O–H groups in total. The van der Waals surface area contributed by atoms with E-state index in [0.717, 1.165) is 23.4 Å². The summed E-state index contributed by atoms with van der Waals surface area (Å²) in [6.07, 6.45) is 5.80. The highest BCUT2D eigenvalue weighted by Crippen LogP contribution is 2.31. The van der Waals surface area contributed by atoms with Crippen LogP contribution in [0.5, 0.6) is 0 Å². The van der Waals surface area contributed by atoms with Crippen LogP contribution in [0.3, 0.4) is 0 Å². The maximum Gasteiger partial charge on any atom is 0.136 e. The molecule has 0 saturated carbocycles. The summed E-state index contributed by atoms with van der Waals surface area (Å²) in [5, 5.41) is 6.23. The van der Waals surface area contributed by atoms with Gasteiger partial charge in [-0.2, -0.15) is 0 Å². The van der Waals surface area contributed by atoms with Gasteiger partial charge in [0.2, 0.25) is 0 Å². The predicted molar refractivity (Wildman–Crippen MR) is 86.2 cm³/mol. The number of aromatic nitrogens is 1. The molecule has 4 heteroatoms. The van der Waals surface area contributed by atoms with E-state index in [1.807, 2.05) is 6.20 Å². The number of nitrogens with zero attached hydrogens (tertiary/aromatic N) is 2. The highest BCUT2D eigenvalue weighted by Gasteiger charge is 2.30. The van der Waals surface area contributed by atoms with E-state index < -0.39 is 0 Å². The minimum atomic E-state index is 0.631. The summed E-state index contributed by atoms with van der Waals surface area (Å²) in [7, 11) is 0. The Hall–Kier alpha value is -1.13. The molecule has 104 valence electrons. The Balaban J connectivity index is 1.76. The van der Waals surface area contributed by atoms with Crippen molar-refractivity contribution in [1.29, 1.82) is 0 Å². The Morgan fingerprint density at radius 2 is 2.00 bits per heavy atom. The van der Waals surface area contributed by atoms with E-state index in [1.54, 1.807) is 0 Å². The lowest BCUT2D eigenvalue weighted by Gasteiger charge is -2.26. The second-order valence-corrected chi connectivity index (χ2v) is 6.70. The van der Waals surface area contributed by atoms with Gasteiger partial charge in [0, 0.05) is 46.6 Å². The van der Waals surface area contributed by atoms with Gasteiger partial charge < -0.3 is 10.2 Å². The zero-order valence-electron chi connectivity index (χ0n) is 11.3. The van der Waals surface area contributed by atoms with Gasteiger partial charge in [-0.25, -0.2) is 4.98 Å². The van der Waals surface area contributed by atoms with E-state index in [1.165, 1.54) is 30.0 Å². The second kappa shape index (κ2) is 5.01. The van der Waals surface area contributed by atoms with Crippen molar-refractivity contribution in [3.8, 4) is 0 Å². The number of fused-ring (bicyclic) bond motifs is 3. The topological polar surface area (TPSA) is 28.2 Å². The number of rotatable bonds is 1. The molecular weight excluding hydrogens is 314 g/mol. The van der Waals surface area contributed by atoms with Crippen LogP contribution in [0, 0.1) is 0 Å². The zero-order valence-corrected chi connectivity index (χ0v) is 12.9. The number of hydrogen-bond donors (Lipinski definition) is 1. The van der Waals surface area contributed by atoms with Gasteiger partial charge in [-0.1, -0.05) is 28.1 Å². The van der Waals surface area contributed by atoms with Crippen molar-refractivity contribution in [2.24, 2.45) is 0 Å². The largest absolute Gasteiger partial charge is 0.354 e. The monoisotopic (exact) mass is 331 g/mol. The van der Waals surface area contributed by atoms with E-state index in [9.17, 15) is 0 Å². The molecule has 3 heterocycles.